The molecule has 0 aliphatic carbocycles. The number of hydrogen-bond donors (Lipinski definition) is 0. The molecule has 2 heterocycles. The first-order valence-electron chi connectivity index (χ1n) is 8.95. The van der Waals surface area contributed by atoms with Crippen LogP contribution in [0.15, 0.2) is 82.0 Å². The van der Waals surface area contributed by atoms with Crippen LogP contribution in [0.3, 0.4) is 0 Å². The third-order valence-electron chi connectivity index (χ3n) is 5.07. The second-order valence-electron chi connectivity index (χ2n) is 6.75. The molecule has 1 aliphatic rings. The molecule has 1 unspecified atom stereocenters. The zero-order valence-corrected chi connectivity index (χ0v) is 14.9. The topological polar surface area (TPSA) is 50.5 Å². The second-order valence-corrected chi connectivity index (χ2v) is 6.75. The first kappa shape index (κ1) is 17.3. The lowest BCUT2D eigenvalue weighted by molar-refractivity contribution is 0.0971. The Hall–Kier alpha value is -3.80. The molecule has 0 bridgehead atoms. The average molecular weight is 389 g/mol. The molecule has 1 atom stereocenters. The van der Waals surface area contributed by atoms with Crippen LogP contribution in [0.5, 0.6) is 0 Å². The fraction of sp³-hybridized carbons (Fsp3) is 0.0435. The summed E-state index contributed by atoms with van der Waals surface area (Å²) in [5.41, 5.74) is 0.201. The van der Waals surface area contributed by atoms with Gasteiger partial charge in [-0.05, 0) is 36.4 Å². The number of halogens is 2. The van der Waals surface area contributed by atoms with Crippen molar-refractivity contribution in [3.05, 3.63) is 112 Å². The van der Waals surface area contributed by atoms with Crippen molar-refractivity contribution in [2.75, 3.05) is 4.90 Å². The molecule has 0 spiro atoms. The molecule has 4 aromatic rings. The number of carbonyl (C=O) groups is 1. The second kappa shape index (κ2) is 6.38. The van der Waals surface area contributed by atoms with Crippen LogP contribution in [0.2, 0.25) is 0 Å². The van der Waals surface area contributed by atoms with Gasteiger partial charge in [-0.2, -0.15) is 0 Å². The van der Waals surface area contributed by atoms with Crippen LogP contribution in [-0.4, -0.2) is 5.91 Å². The minimum atomic E-state index is -1.02. The van der Waals surface area contributed by atoms with Crippen LogP contribution in [0.4, 0.5) is 14.5 Å². The van der Waals surface area contributed by atoms with Crippen molar-refractivity contribution in [2.24, 2.45) is 0 Å². The first-order chi connectivity index (χ1) is 14.1. The Morgan fingerprint density at radius 1 is 0.862 bits per heavy atom. The standard InChI is InChI=1S/C23H13F2NO3/c24-13-10-11-18-16(12-13)21(27)19-20(15-8-4-5-9-17(15)25)26(23(28)22(19)29-18)14-6-2-1-3-7-14/h1-12,20H. The maximum atomic E-state index is 14.7. The summed E-state index contributed by atoms with van der Waals surface area (Å²) in [6, 6.07) is 17.1. The van der Waals surface area contributed by atoms with Gasteiger partial charge in [-0.3, -0.25) is 14.5 Å². The number of nitrogens with zero attached hydrogens (tertiary/aromatic N) is 1. The number of rotatable bonds is 2. The fourth-order valence-corrected chi connectivity index (χ4v) is 3.79. The highest BCUT2D eigenvalue weighted by molar-refractivity contribution is 6.10. The summed E-state index contributed by atoms with van der Waals surface area (Å²) in [5, 5.41) is 0.00722. The van der Waals surface area contributed by atoms with Crippen molar-refractivity contribution in [1.82, 2.24) is 0 Å². The van der Waals surface area contributed by atoms with Crippen LogP contribution in [-0.2, 0) is 0 Å². The van der Waals surface area contributed by atoms with Gasteiger partial charge < -0.3 is 4.42 Å². The maximum absolute atomic E-state index is 14.7. The van der Waals surface area contributed by atoms with Crippen LogP contribution in [0, 0.1) is 11.6 Å². The zero-order chi connectivity index (χ0) is 20.1. The minimum absolute atomic E-state index is 0.00190. The molecule has 142 valence electrons. The van der Waals surface area contributed by atoms with Gasteiger partial charge in [0.05, 0.1) is 17.0 Å². The van der Waals surface area contributed by atoms with Gasteiger partial charge in [0.1, 0.15) is 17.2 Å². The Bertz CT molecular complexity index is 1330. The van der Waals surface area contributed by atoms with E-state index in [9.17, 15) is 18.4 Å². The van der Waals surface area contributed by atoms with Crippen molar-refractivity contribution >= 4 is 22.6 Å². The zero-order valence-electron chi connectivity index (χ0n) is 14.9. The smallest absolute Gasteiger partial charge is 0.295 e. The Labute approximate surface area is 163 Å². The third-order valence-corrected chi connectivity index (χ3v) is 5.07. The summed E-state index contributed by atoms with van der Waals surface area (Å²) >= 11 is 0. The van der Waals surface area contributed by atoms with E-state index in [-0.39, 0.29) is 27.9 Å². The molecule has 0 N–H and O–H groups in total. The molecular formula is C23H13F2NO3. The normalized spacial score (nSPS) is 15.7. The molecule has 4 nitrogen and oxygen atoms in total. The highest BCUT2D eigenvalue weighted by Crippen LogP contribution is 2.41. The highest BCUT2D eigenvalue weighted by Gasteiger charge is 2.44. The van der Waals surface area contributed by atoms with Gasteiger partial charge in [0.2, 0.25) is 5.76 Å². The fourth-order valence-electron chi connectivity index (χ4n) is 3.79. The number of para-hydroxylation sites is 1. The summed E-state index contributed by atoms with van der Waals surface area (Å²) in [6.07, 6.45) is 0. The molecule has 0 saturated heterocycles. The van der Waals surface area contributed by atoms with E-state index in [0.29, 0.717) is 5.69 Å². The van der Waals surface area contributed by atoms with Crippen LogP contribution in [0.25, 0.3) is 11.0 Å². The molecule has 29 heavy (non-hydrogen) atoms. The predicted molar refractivity (Wildman–Crippen MR) is 104 cm³/mol. The van der Waals surface area contributed by atoms with E-state index < -0.39 is 29.0 Å². The highest BCUT2D eigenvalue weighted by atomic mass is 19.1. The molecule has 0 fully saturated rings. The van der Waals surface area contributed by atoms with E-state index in [0.717, 1.165) is 12.1 Å². The molecule has 1 aromatic heterocycles. The van der Waals surface area contributed by atoms with Gasteiger partial charge in [0, 0.05) is 11.3 Å². The number of benzene rings is 3. The van der Waals surface area contributed by atoms with Gasteiger partial charge in [0.25, 0.3) is 5.91 Å². The Morgan fingerprint density at radius 3 is 2.34 bits per heavy atom. The summed E-state index contributed by atoms with van der Waals surface area (Å²) in [6.45, 7) is 0. The Balaban J connectivity index is 1.86. The summed E-state index contributed by atoms with van der Waals surface area (Å²) in [7, 11) is 0. The van der Waals surface area contributed by atoms with Crippen molar-refractivity contribution in [3.8, 4) is 0 Å². The number of hydrogen-bond acceptors (Lipinski definition) is 3. The number of anilines is 1. The summed E-state index contributed by atoms with van der Waals surface area (Å²) in [4.78, 5) is 27.9. The molecule has 3 aromatic carbocycles. The quantitative estimate of drug-likeness (QED) is 0.494. The number of amides is 1. The van der Waals surface area contributed by atoms with Crippen LogP contribution < -0.4 is 10.3 Å². The molecular weight excluding hydrogens is 376 g/mol. The third kappa shape index (κ3) is 2.56. The first-order valence-corrected chi connectivity index (χ1v) is 8.95. The average Bonchev–Trinajstić information content (AvgIpc) is 3.02. The van der Waals surface area contributed by atoms with E-state index in [1.54, 1.807) is 36.4 Å². The van der Waals surface area contributed by atoms with Gasteiger partial charge in [-0.25, -0.2) is 8.78 Å². The van der Waals surface area contributed by atoms with Gasteiger partial charge in [-0.15, -0.1) is 0 Å². The number of carbonyl (C=O) groups excluding carboxylic acids is 1. The van der Waals surface area contributed by atoms with Crippen molar-refractivity contribution in [3.63, 3.8) is 0 Å². The van der Waals surface area contributed by atoms with Crippen molar-refractivity contribution in [2.45, 2.75) is 6.04 Å². The molecule has 6 heteroatoms. The lowest BCUT2D eigenvalue weighted by atomic mass is 9.97. The van der Waals surface area contributed by atoms with Crippen molar-refractivity contribution < 1.29 is 18.0 Å². The van der Waals surface area contributed by atoms with Crippen LogP contribution >= 0.6 is 0 Å². The van der Waals surface area contributed by atoms with Crippen molar-refractivity contribution in [1.29, 1.82) is 0 Å². The molecule has 0 saturated carbocycles. The van der Waals surface area contributed by atoms with E-state index in [2.05, 4.69) is 0 Å². The van der Waals surface area contributed by atoms with Gasteiger partial charge in [0.15, 0.2) is 5.43 Å². The molecule has 1 aliphatic heterocycles. The monoisotopic (exact) mass is 389 g/mol. The van der Waals surface area contributed by atoms with E-state index in [4.69, 9.17) is 4.42 Å². The van der Waals surface area contributed by atoms with E-state index >= 15 is 0 Å². The summed E-state index contributed by atoms with van der Waals surface area (Å²) < 4.78 is 34.2. The predicted octanol–water partition coefficient (Wildman–Crippen LogP) is 4.82. The van der Waals surface area contributed by atoms with Crippen LogP contribution in [0.1, 0.15) is 27.7 Å². The molecule has 1 amide bonds. The minimum Gasteiger partial charge on any atom is -0.450 e. The Morgan fingerprint density at radius 2 is 1.59 bits per heavy atom. The van der Waals surface area contributed by atoms with E-state index in [1.165, 1.54) is 29.2 Å². The molecule has 0 radical (unpaired) electrons. The summed E-state index contributed by atoms with van der Waals surface area (Å²) in [5.74, 6) is -1.87. The van der Waals surface area contributed by atoms with Gasteiger partial charge in [-0.1, -0.05) is 36.4 Å². The Kier molecular flexibility index (Phi) is 3.81. The number of fused-ring (bicyclic) bond motifs is 2. The SMILES string of the molecule is O=C1c2oc3ccc(F)cc3c(=O)c2C(c2ccccc2F)N1c1ccccc1. The van der Waals surface area contributed by atoms with Gasteiger partial charge >= 0.3 is 0 Å². The maximum Gasteiger partial charge on any atom is 0.295 e. The molecule has 5 rings (SSSR count). The lowest BCUT2D eigenvalue weighted by Crippen LogP contribution is -2.30. The van der Waals surface area contributed by atoms with E-state index in [1.807, 2.05) is 0 Å². The lowest BCUT2D eigenvalue weighted by Gasteiger charge is -2.25. The largest absolute Gasteiger partial charge is 0.450 e.